The summed E-state index contributed by atoms with van der Waals surface area (Å²) < 4.78 is 23.7. The zero-order valence-corrected chi connectivity index (χ0v) is 43.1. The number of rotatable bonds is 13. The highest BCUT2D eigenvalue weighted by atomic mass is 35.5. The van der Waals surface area contributed by atoms with Crippen LogP contribution in [0.5, 0.6) is 5.75 Å². The first-order chi connectivity index (χ1) is 34.5. The number of nitroso groups, excluding NO2 is 1. The number of nitrogens with one attached hydrogen (secondary N) is 2. The van der Waals surface area contributed by atoms with Gasteiger partial charge in [0.25, 0.3) is 0 Å². The van der Waals surface area contributed by atoms with Crippen molar-refractivity contribution in [3.8, 4) is 5.75 Å². The first-order valence-corrected chi connectivity index (χ1v) is 25.6. The van der Waals surface area contributed by atoms with Gasteiger partial charge >= 0.3 is 23.9 Å². The Hall–Kier alpha value is -5.31. The van der Waals surface area contributed by atoms with Gasteiger partial charge < -0.3 is 44.4 Å². The predicted octanol–water partition coefficient (Wildman–Crippen LogP) is 4.67. The molecule has 10 atom stereocenters. The van der Waals surface area contributed by atoms with Crippen LogP contribution in [0.1, 0.15) is 75.3 Å². The van der Waals surface area contributed by atoms with Gasteiger partial charge in [0.2, 0.25) is 12.0 Å². The second-order valence-electron chi connectivity index (χ2n) is 19.9. The highest BCUT2D eigenvalue weighted by Gasteiger charge is 2.81. The molecule has 3 amide bonds. The molecule has 72 heavy (non-hydrogen) atoms. The number of aromatic amines is 1. The van der Waals surface area contributed by atoms with Gasteiger partial charge in [0.1, 0.15) is 11.2 Å². The number of nitrogens with zero attached hydrogens (tertiary/aromatic N) is 5. The number of halogens is 2. The van der Waals surface area contributed by atoms with E-state index in [1.165, 1.54) is 33.2 Å². The minimum absolute atomic E-state index is 0.0964. The number of ether oxygens (including phenoxy) is 4. The normalized spacial score (nSPS) is 31.9. The molecule has 1 saturated carbocycles. The van der Waals surface area contributed by atoms with Crippen LogP contribution in [0.4, 0.5) is 10.5 Å². The molecule has 0 unspecified atom stereocenters. The van der Waals surface area contributed by atoms with E-state index in [0.717, 1.165) is 16.5 Å². The van der Waals surface area contributed by atoms with Crippen molar-refractivity contribution in [2.45, 2.75) is 99.5 Å². The highest BCUT2D eigenvalue weighted by molar-refractivity contribution is 6.18. The molecule has 0 radical (unpaired) electrons. The van der Waals surface area contributed by atoms with E-state index in [1.807, 2.05) is 50.3 Å². The summed E-state index contributed by atoms with van der Waals surface area (Å²) in [6, 6.07) is 9.40. The third-order valence-electron chi connectivity index (χ3n) is 16.5. The van der Waals surface area contributed by atoms with Crippen LogP contribution in [0, 0.1) is 16.2 Å². The lowest BCUT2D eigenvalue weighted by Crippen LogP contribution is -2.81. The number of alkyl halides is 2. The molecular formula is C51H65Cl2N7O12. The minimum Gasteiger partial charge on any atom is -0.496 e. The number of urea groups is 1. The number of carbonyl (C=O) groups is 5. The minimum atomic E-state index is -2.53. The molecule has 2 saturated heterocycles. The van der Waals surface area contributed by atoms with Crippen molar-refractivity contribution in [2.24, 2.45) is 16.6 Å². The van der Waals surface area contributed by atoms with Crippen LogP contribution in [0.2, 0.25) is 0 Å². The number of esters is 3. The second kappa shape index (κ2) is 20.5. The van der Waals surface area contributed by atoms with Crippen LogP contribution in [0.15, 0.2) is 53.8 Å². The Morgan fingerprint density at radius 2 is 1.74 bits per heavy atom. The number of amides is 3. The van der Waals surface area contributed by atoms with E-state index in [1.54, 1.807) is 6.07 Å². The Kier molecular flexibility index (Phi) is 15.1. The van der Waals surface area contributed by atoms with Crippen LogP contribution in [0.25, 0.3) is 10.9 Å². The molecule has 19 nitrogen and oxygen atoms in total. The van der Waals surface area contributed by atoms with Crippen molar-refractivity contribution < 1.29 is 53.1 Å². The van der Waals surface area contributed by atoms with Crippen molar-refractivity contribution in [3.63, 3.8) is 0 Å². The monoisotopic (exact) mass is 1040 g/mol. The largest absolute Gasteiger partial charge is 0.496 e. The van der Waals surface area contributed by atoms with Crippen LogP contribution >= 0.6 is 23.2 Å². The summed E-state index contributed by atoms with van der Waals surface area (Å²) in [5.41, 5.74) is -3.15. The standard InChI is InChI=1S/C46H56N4O10.C5H9Cl2N3O2/c1-7-42(55)22-28-23-45(40(53)58-5,36-30(14-18-48(24-28)25-42)29-12-9-10-13-33(29)47-36)32-20-31-34(21-35(32)57-4)50(26-51)38-44(31)16-19-49-17-11-15-43(8-2,37(44)49)39(60-27(3)52)46(38,56)41(54)59-6;6-1-3-8-5(11)10(9-12)4-2-7/h9-13,15,20-21,26,28,37-39,47,55-56H,7-8,14,16-19,22-25H2,1-6H3;1-4H2,(H,8,11)/t28-,37+,38-,39-,42+,43-,44-,45+,46+;/m1./s1. The number of anilines is 1. The molecule has 2 aromatic carbocycles. The fraction of sp³-hybridized carbons (Fsp3) is 0.588. The van der Waals surface area contributed by atoms with Crippen LogP contribution in [-0.2, 0) is 50.6 Å². The zero-order valence-electron chi connectivity index (χ0n) is 41.6. The van der Waals surface area contributed by atoms with Gasteiger partial charge in [-0.1, -0.05) is 44.2 Å². The summed E-state index contributed by atoms with van der Waals surface area (Å²) in [6.45, 7) is 8.56. The summed E-state index contributed by atoms with van der Waals surface area (Å²) in [5.74, 6) is -1.61. The zero-order chi connectivity index (χ0) is 52.0. The Balaban J connectivity index is 0.000000513. The van der Waals surface area contributed by atoms with Crippen molar-refractivity contribution in [1.82, 2.24) is 25.1 Å². The number of fused-ring (bicyclic) bond motifs is 6. The fourth-order valence-corrected chi connectivity index (χ4v) is 14.1. The van der Waals surface area contributed by atoms with Gasteiger partial charge in [-0.2, -0.15) is 5.01 Å². The molecule has 1 aromatic heterocycles. The van der Waals surface area contributed by atoms with Crippen LogP contribution in [-0.4, -0.2) is 169 Å². The summed E-state index contributed by atoms with van der Waals surface area (Å²) in [4.78, 5) is 87.1. The maximum atomic E-state index is 15.3. The van der Waals surface area contributed by atoms with E-state index in [-0.39, 0.29) is 24.8 Å². The SMILES string of the molecule is CC[C@]1(O)C[C@H]2C[N@](CCc3c([nH]c4ccccc34)[C@@](C(=O)OC)(c3cc4c(cc3OC)N(C=O)[C@H]3[C@@](O)(C(=O)OC)[C@H](OC(C)=O)[C@]5(CC)C=CCN6CC[C@]43[C@@H]65)C2)C1.O=NN(CCCl)C(=O)NCCCl. The highest BCUT2D eigenvalue weighted by Crippen LogP contribution is 2.68. The average Bonchev–Trinajstić information content (AvgIpc) is 4.06. The molecule has 3 aromatic rings. The molecular weight excluding hydrogens is 974 g/mol. The molecule has 4 N–H and O–H groups in total. The van der Waals surface area contributed by atoms with Gasteiger partial charge in [-0.15, -0.1) is 28.1 Å². The van der Waals surface area contributed by atoms with Crippen LogP contribution < -0.4 is 15.0 Å². The maximum absolute atomic E-state index is 15.3. The number of carbonyl (C=O) groups excluding carboxylic acids is 5. The number of hydrogen-bond acceptors (Lipinski definition) is 15. The lowest BCUT2D eigenvalue weighted by atomic mass is 9.47. The van der Waals surface area contributed by atoms with Gasteiger partial charge in [0.15, 0.2) is 6.10 Å². The van der Waals surface area contributed by atoms with E-state index < -0.39 is 69.6 Å². The molecule has 1 aliphatic carbocycles. The molecule has 5 aliphatic heterocycles. The topological polar surface area (TPSA) is 233 Å². The van der Waals surface area contributed by atoms with E-state index in [2.05, 4.69) is 31.5 Å². The molecule has 3 fully saturated rings. The number of aromatic nitrogens is 1. The first-order valence-electron chi connectivity index (χ1n) is 24.5. The lowest BCUT2D eigenvalue weighted by Gasteiger charge is -2.63. The van der Waals surface area contributed by atoms with E-state index in [9.17, 15) is 34.3 Å². The van der Waals surface area contributed by atoms with Gasteiger partial charge in [0.05, 0.1) is 50.5 Å². The number of piperidine rings is 1. The number of H-pyrrole nitrogens is 1. The summed E-state index contributed by atoms with van der Waals surface area (Å²) in [5, 5.41) is 31.8. The first kappa shape index (κ1) is 53.0. The number of aliphatic hydroxyl groups is 2. The van der Waals surface area contributed by atoms with Crippen molar-refractivity contribution in [3.05, 3.63) is 75.8 Å². The Morgan fingerprint density at radius 1 is 0.986 bits per heavy atom. The fourth-order valence-electron chi connectivity index (χ4n) is 13.9. The molecule has 21 heteroatoms. The number of methoxy groups -OCH3 is 3. The number of benzene rings is 2. The van der Waals surface area contributed by atoms with E-state index >= 15 is 4.79 Å². The third kappa shape index (κ3) is 8.13. The average molecular weight is 1040 g/mol. The van der Waals surface area contributed by atoms with Gasteiger partial charge in [-0.05, 0) is 74.2 Å². The third-order valence-corrected chi connectivity index (χ3v) is 16.9. The Bertz CT molecular complexity index is 2640. The van der Waals surface area contributed by atoms with Gasteiger partial charge in [-0.3, -0.25) is 24.2 Å². The number of hydrogen-bond donors (Lipinski definition) is 4. The molecule has 6 heterocycles. The smallest absolute Gasteiger partial charge is 0.344 e. The summed E-state index contributed by atoms with van der Waals surface area (Å²) in [6.07, 6.45) is 5.83. The van der Waals surface area contributed by atoms with E-state index in [4.69, 9.17) is 42.1 Å². The Morgan fingerprint density at radius 3 is 2.38 bits per heavy atom. The maximum Gasteiger partial charge on any atom is 0.344 e. The van der Waals surface area contributed by atoms with Gasteiger partial charge in [0, 0.05) is 96.5 Å². The van der Waals surface area contributed by atoms with E-state index in [0.29, 0.717) is 117 Å². The van der Waals surface area contributed by atoms with Gasteiger partial charge in [-0.25, -0.2) is 9.59 Å². The molecule has 6 aliphatic rings. The predicted molar refractivity (Wildman–Crippen MR) is 268 cm³/mol. The van der Waals surface area contributed by atoms with Crippen molar-refractivity contribution in [2.75, 3.05) is 83.8 Å². The molecule has 1 spiro atoms. The molecule has 390 valence electrons. The summed E-state index contributed by atoms with van der Waals surface area (Å²) in [7, 11) is 4.09. The molecule has 9 rings (SSSR count). The van der Waals surface area contributed by atoms with Crippen molar-refractivity contribution in [1.29, 1.82) is 0 Å². The molecule has 2 bridgehead atoms. The lowest BCUT2D eigenvalue weighted by molar-refractivity contribution is -0.228. The quantitative estimate of drug-likeness (QED) is 0.0347. The number of para-hydroxylation sites is 1. The second-order valence-corrected chi connectivity index (χ2v) is 20.7. The van der Waals surface area contributed by atoms with Crippen molar-refractivity contribution >= 4 is 70.1 Å². The Labute approximate surface area is 428 Å². The van der Waals surface area contributed by atoms with Crippen LogP contribution in [0.3, 0.4) is 0 Å². The summed E-state index contributed by atoms with van der Waals surface area (Å²) >= 11 is 10.6.